The summed E-state index contributed by atoms with van der Waals surface area (Å²) in [7, 11) is 0. The maximum absolute atomic E-state index is 14.3. The molecule has 1 heterocycles. The lowest BCUT2D eigenvalue weighted by Crippen LogP contribution is -2.29. The second kappa shape index (κ2) is 7.30. The first kappa shape index (κ1) is 18.8. The van der Waals surface area contributed by atoms with Crippen LogP contribution in [0.4, 0.5) is 4.39 Å². The van der Waals surface area contributed by atoms with Crippen LogP contribution in [0.25, 0.3) is 10.9 Å². The van der Waals surface area contributed by atoms with Gasteiger partial charge in [0.1, 0.15) is 12.4 Å². The molecule has 0 unspecified atom stereocenters. The maximum atomic E-state index is 14.3. The molecule has 0 aliphatic carbocycles. The van der Waals surface area contributed by atoms with Crippen LogP contribution >= 0.6 is 39.7 Å². The Labute approximate surface area is 165 Å². The first-order valence-electron chi connectivity index (χ1n) is 7.36. The van der Waals surface area contributed by atoms with E-state index < -0.39 is 23.9 Å². The predicted molar refractivity (Wildman–Crippen MR) is 103 cm³/mol. The number of carboxylic acid groups (broad SMARTS) is 1. The van der Waals surface area contributed by atoms with Gasteiger partial charge in [-0.2, -0.15) is 0 Å². The zero-order valence-corrected chi connectivity index (χ0v) is 16.2. The van der Waals surface area contributed by atoms with Crippen LogP contribution in [0.3, 0.4) is 0 Å². The molecule has 5 nitrogen and oxygen atoms in total. The molecule has 3 rings (SSSR count). The Morgan fingerprint density at radius 2 is 1.96 bits per heavy atom. The molecule has 26 heavy (non-hydrogen) atoms. The van der Waals surface area contributed by atoms with E-state index in [4.69, 9.17) is 28.9 Å². The second-order valence-corrected chi connectivity index (χ2v) is 7.27. The van der Waals surface area contributed by atoms with Crippen LogP contribution in [0.1, 0.15) is 5.56 Å². The van der Waals surface area contributed by atoms with Crippen LogP contribution in [-0.4, -0.2) is 20.2 Å². The summed E-state index contributed by atoms with van der Waals surface area (Å²) < 4.78 is 17.3. The van der Waals surface area contributed by atoms with Gasteiger partial charge in [0.2, 0.25) is 0 Å². The van der Waals surface area contributed by atoms with Crippen molar-refractivity contribution in [3.05, 3.63) is 72.4 Å². The number of fused-ring (bicyclic) bond motifs is 1. The van der Waals surface area contributed by atoms with Crippen molar-refractivity contribution < 1.29 is 14.3 Å². The largest absolute Gasteiger partial charge is 0.480 e. The van der Waals surface area contributed by atoms with Crippen molar-refractivity contribution in [2.75, 3.05) is 0 Å². The van der Waals surface area contributed by atoms with E-state index in [0.29, 0.717) is 20.6 Å². The van der Waals surface area contributed by atoms with Crippen LogP contribution in [-0.2, 0) is 17.9 Å². The number of benzene rings is 2. The minimum Gasteiger partial charge on any atom is -0.480 e. The summed E-state index contributed by atoms with van der Waals surface area (Å²) in [5.41, 5.74) is 0.247. The Morgan fingerprint density at radius 3 is 2.62 bits per heavy atom. The van der Waals surface area contributed by atoms with Crippen molar-refractivity contribution in [2.24, 2.45) is 0 Å². The molecule has 0 radical (unpaired) electrons. The van der Waals surface area contributed by atoms with Gasteiger partial charge >= 0.3 is 5.97 Å². The van der Waals surface area contributed by atoms with Gasteiger partial charge in [0.25, 0.3) is 5.56 Å². The van der Waals surface area contributed by atoms with E-state index in [2.05, 4.69) is 15.9 Å². The standard InChI is InChI=1S/C17H11BrClFN2O3S/c18-10-2-1-9(13(20)5-10)7-21-14-4-3-11(19)6-12(14)16(25)22(17(21)26)8-15(23)24/h1-6H,7-8H2,(H,23,24). The molecule has 0 spiro atoms. The van der Waals surface area contributed by atoms with Gasteiger partial charge in [0.15, 0.2) is 4.77 Å². The van der Waals surface area contributed by atoms with Gasteiger partial charge in [0.05, 0.1) is 17.4 Å². The number of carbonyl (C=O) groups is 1. The van der Waals surface area contributed by atoms with Crippen molar-refractivity contribution >= 4 is 56.6 Å². The molecule has 0 atom stereocenters. The predicted octanol–water partition coefficient (Wildman–Crippen LogP) is 4.22. The van der Waals surface area contributed by atoms with Gasteiger partial charge in [0, 0.05) is 15.1 Å². The summed E-state index contributed by atoms with van der Waals surface area (Å²) in [6.07, 6.45) is 0. The molecule has 0 amide bonds. The van der Waals surface area contributed by atoms with Crippen LogP contribution < -0.4 is 5.56 Å². The van der Waals surface area contributed by atoms with Gasteiger partial charge in [-0.15, -0.1) is 0 Å². The molecule has 3 aromatic rings. The molecular formula is C17H11BrClFN2O3S. The Kier molecular flexibility index (Phi) is 5.27. The molecule has 0 aliphatic rings. The van der Waals surface area contributed by atoms with Crippen LogP contribution in [0.5, 0.6) is 0 Å². The van der Waals surface area contributed by atoms with E-state index in [1.54, 1.807) is 24.3 Å². The van der Waals surface area contributed by atoms with Gasteiger partial charge < -0.3 is 9.67 Å². The van der Waals surface area contributed by atoms with Crippen molar-refractivity contribution in [2.45, 2.75) is 13.1 Å². The zero-order valence-electron chi connectivity index (χ0n) is 13.1. The summed E-state index contributed by atoms with van der Waals surface area (Å²) >= 11 is 14.5. The van der Waals surface area contributed by atoms with E-state index in [1.165, 1.54) is 16.7 Å². The minimum atomic E-state index is -1.21. The quantitative estimate of drug-likeness (QED) is 0.596. The first-order chi connectivity index (χ1) is 12.3. The van der Waals surface area contributed by atoms with Gasteiger partial charge in [-0.1, -0.05) is 33.6 Å². The molecule has 2 aromatic carbocycles. The Balaban J connectivity index is 2.31. The summed E-state index contributed by atoms with van der Waals surface area (Å²) in [5.74, 6) is -1.65. The number of nitrogens with zero attached hydrogens (tertiary/aromatic N) is 2. The van der Waals surface area contributed by atoms with E-state index in [9.17, 15) is 14.0 Å². The highest BCUT2D eigenvalue weighted by Gasteiger charge is 2.15. The van der Waals surface area contributed by atoms with E-state index in [0.717, 1.165) is 4.57 Å². The van der Waals surface area contributed by atoms with Crippen molar-refractivity contribution in [1.82, 2.24) is 9.13 Å². The zero-order chi connectivity index (χ0) is 19.0. The molecule has 1 aromatic heterocycles. The molecule has 134 valence electrons. The molecule has 0 fully saturated rings. The fraction of sp³-hybridized carbons (Fsp3) is 0.118. The number of aromatic nitrogens is 2. The lowest BCUT2D eigenvalue weighted by atomic mass is 10.2. The van der Waals surface area contributed by atoms with Crippen LogP contribution in [0, 0.1) is 10.6 Å². The SMILES string of the molecule is O=C(O)Cn1c(=O)c2cc(Cl)ccc2n(Cc2ccc(Br)cc2F)c1=S. The first-order valence-corrected chi connectivity index (χ1v) is 8.94. The van der Waals surface area contributed by atoms with Gasteiger partial charge in [-0.25, -0.2) is 4.39 Å². The monoisotopic (exact) mass is 456 g/mol. The average Bonchev–Trinajstić information content (AvgIpc) is 2.57. The van der Waals surface area contributed by atoms with Gasteiger partial charge in [-0.3, -0.25) is 14.2 Å². The van der Waals surface area contributed by atoms with E-state index >= 15 is 0 Å². The van der Waals surface area contributed by atoms with Crippen LogP contribution in [0.2, 0.25) is 5.02 Å². The van der Waals surface area contributed by atoms with Gasteiger partial charge in [-0.05, 0) is 42.5 Å². The Bertz CT molecular complexity index is 1160. The molecular weight excluding hydrogens is 447 g/mol. The number of hydrogen-bond donors (Lipinski definition) is 1. The minimum absolute atomic E-state index is 0.00505. The molecule has 0 bridgehead atoms. The summed E-state index contributed by atoms with van der Waals surface area (Å²) in [4.78, 5) is 23.8. The maximum Gasteiger partial charge on any atom is 0.323 e. The van der Waals surface area contributed by atoms with E-state index in [-0.39, 0.29) is 16.7 Å². The molecule has 0 saturated heterocycles. The third-order valence-electron chi connectivity index (χ3n) is 3.82. The Hall–Kier alpha value is -2.03. The van der Waals surface area contributed by atoms with Crippen LogP contribution in [0.15, 0.2) is 45.7 Å². The third-order valence-corrected chi connectivity index (χ3v) is 4.99. The third kappa shape index (κ3) is 3.58. The number of hydrogen-bond acceptors (Lipinski definition) is 3. The molecule has 0 saturated carbocycles. The summed E-state index contributed by atoms with van der Waals surface area (Å²) in [6.45, 7) is -0.557. The summed E-state index contributed by atoms with van der Waals surface area (Å²) in [6, 6.07) is 9.25. The fourth-order valence-corrected chi connectivity index (χ4v) is 3.46. The number of halogens is 3. The highest BCUT2D eigenvalue weighted by molar-refractivity contribution is 9.10. The lowest BCUT2D eigenvalue weighted by Gasteiger charge is -2.16. The molecule has 9 heteroatoms. The highest BCUT2D eigenvalue weighted by atomic mass is 79.9. The average molecular weight is 458 g/mol. The highest BCUT2D eigenvalue weighted by Crippen LogP contribution is 2.21. The topological polar surface area (TPSA) is 64.2 Å². The van der Waals surface area contributed by atoms with Crippen molar-refractivity contribution in [3.8, 4) is 0 Å². The second-order valence-electron chi connectivity index (χ2n) is 5.55. The summed E-state index contributed by atoms with van der Waals surface area (Å²) in [5, 5.41) is 9.63. The smallest absolute Gasteiger partial charge is 0.323 e. The number of aliphatic carboxylic acids is 1. The molecule has 1 N–H and O–H groups in total. The fourth-order valence-electron chi connectivity index (χ4n) is 2.64. The molecule has 0 aliphatic heterocycles. The van der Waals surface area contributed by atoms with E-state index in [1.807, 2.05) is 0 Å². The normalized spacial score (nSPS) is 11.0. The van der Waals surface area contributed by atoms with Crippen molar-refractivity contribution in [3.63, 3.8) is 0 Å². The number of carboxylic acids is 1. The Morgan fingerprint density at radius 1 is 1.23 bits per heavy atom. The number of rotatable bonds is 4. The van der Waals surface area contributed by atoms with Crippen molar-refractivity contribution in [1.29, 1.82) is 0 Å². The lowest BCUT2D eigenvalue weighted by molar-refractivity contribution is -0.137.